The summed E-state index contributed by atoms with van der Waals surface area (Å²) in [7, 11) is -1.94. The van der Waals surface area contributed by atoms with Gasteiger partial charge in [-0.1, -0.05) is 20.3 Å². The van der Waals surface area contributed by atoms with Crippen LogP contribution >= 0.6 is 11.6 Å². The Hall–Kier alpha value is -0.520. The normalized spacial score (nSPS) is 14.1. The first-order valence-corrected chi connectivity index (χ1v) is 8.34. The van der Waals surface area contributed by atoms with E-state index in [2.05, 4.69) is 0 Å². The Labute approximate surface area is 120 Å². The van der Waals surface area contributed by atoms with Crippen LogP contribution in [0.1, 0.15) is 37.4 Å². The van der Waals surface area contributed by atoms with Gasteiger partial charge in [0.15, 0.2) is 0 Å². The Morgan fingerprint density at radius 2 is 1.89 bits per heavy atom. The average Bonchev–Trinajstić information content (AvgIpc) is 2.63. The van der Waals surface area contributed by atoms with Crippen LogP contribution in [0.3, 0.4) is 0 Å². The first-order chi connectivity index (χ1) is 8.75. The molecule has 1 rings (SSSR count). The van der Waals surface area contributed by atoms with E-state index >= 15 is 0 Å². The number of furan rings is 1. The molecule has 0 amide bonds. The van der Waals surface area contributed by atoms with E-state index in [1.54, 1.807) is 20.9 Å². The Kier molecular flexibility index (Phi) is 5.47. The minimum atomic E-state index is -3.54. The number of sulfonamides is 1. The van der Waals surface area contributed by atoms with Crippen LogP contribution in [-0.2, 0) is 15.9 Å². The molecule has 1 aromatic heterocycles. The van der Waals surface area contributed by atoms with Gasteiger partial charge < -0.3 is 4.42 Å². The highest BCUT2D eigenvalue weighted by molar-refractivity contribution is 7.89. The summed E-state index contributed by atoms with van der Waals surface area (Å²) in [5, 5.41) is 0. The fraction of sp³-hybridized carbons (Fsp3) is 0.692. The van der Waals surface area contributed by atoms with E-state index in [9.17, 15) is 8.42 Å². The lowest BCUT2D eigenvalue weighted by molar-refractivity contribution is 0.392. The number of alkyl halides is 1. The number of aryl methyl sites for hydroxylation is 2. The van der Waals surface area contributed by atoms with E-state index in [4.69, 9.17) is 16.0 Å². The monoisotopic (exact) mass is 307 g/mol. The summed E-state index contributed by atoms with van der Waals surface area (Å²) in [5.41, 5.74) is 0.565. The maximum Gasteiger partial charge on any atom is 0.246 e. The average molecular weight is 308 g/mol. The first kappa shape index (κ1) is 16.5. The van der Waals surface area contributed by atoms with Gasteiger partial charge >= 0.3 is 0 Å². The number of hydrogen-bond donors (Lipinski definition) is 0. The molecule has 4 nitrogen and oxygen atoms in total. The van der Waals surface area contributed by atoms with Crippen molar-refractivity contribution in [3.8, 4) is 0 Å². The predicted octanol–water partition coefficient (Wildman–Crippen LogP) is 3.30. The molecule has 0 aromatic carbocycles. The van der Waals surface area contributed by atoms with Crippen molar-refractivity contribution in [1.29, 1.82) is 0 Å². The third-order valence-electron chi connectivity index (χ3n) is 3.39. The van der Waals surface area contributed by atoms with Gasteiger partial charge in [0, 0.05) is 19.2 Å². The fourth-order valence-corrected chi connectivity index (χ4v) is 4.12. The molecule has 6 heteroatoms. The number of nitrogens with zero attached hydrogens (tertiary/aromatic N) is 1. The van der Waals surface area contributed by atoms with Gasteiger partial charge in [0.1, 0.15) is 16.4 Å². The van der Waals surface area contributed by atoms with Crippen LogP contribution in [0, 0.1) is 19.8 Å². The summed E-state index contributed by atoms with van der Waals surface area (Å²) in [4.78, 5) is 0.228. The summed E-state index contributed by atoms with van der Waals surface area (Å²) < 4.78 is 32.0. The molecule has 0 saturated carbocycles. The highest BCUT2D eigenvalue weighted by Gasteiger charge is 2.30. The van der Waals surface area contributed by atoms with E-state index in [-0.39, 0.29) is 10.8 Å². The molecule has 0 saturated heterocycles. The number of hydrogen-bond acceptors (Lipinski definition) is 3. The molecule has 0 radical (unpaired) electrons. The van der Waals surface area contributed by atoms with Gasteiger partial charge in [-0.05, 0) is 19.8 Å². The first-order valence-electron chi connectivity index (χ1n) is 6.36. The minimum Gasteiger partial charge on any atom is -0.465 e. The van der Waals surface area contributed by atoms with Gasteiger partial charge in [-0.3, -0.25) is 0 Å². The molecule has 0 fully saturated rings. The lowest BCUT2D eigenvalue weighted by Crippen LogP contribution is -2.31. The zero-order chi connectivity index (χ0) is 14.8. The smallest absolute Gasteiger partial charge is 0.246 e. The van der Waals surface area contributed by atoms with Crippen LogP contribution in [0.4, 0.5) is 0 Å². The van der Waals surface area contributed by atoms with E-state index in [0.717, 1.165) is 6.42 Å². The van der Waals surface area contributed by atoms with Crippen molar-refractivity contribution < 1.29 is 12.8 Å². The second-order valence-electron chi connectivity index (χ2n) is 4.95. The summed E-state index contributed by atoms with van der Waals surface area (Å²) in [6.07, 6.45) is 0.936. The molecule has 0 aliphatic carbocycles. The van der Waals surface area contributed by atoms with Crippen molar-refractivity contribution in [2.24, 2.45) is 5.92 Å². The zero-order valence-corrected chi connectivity index (χ0v) is 13.7. The van der Waals surface area contributed by atoms with Crippen LogP contribution in [0.15, 0.2) is 9.31 Å². The van der Waals surface area contributed by atoms with Crippen LogP contribution in [0.2, 0.25) is 0 Å². The standard InChI is InChI=1S/C13H22ClNO3S/c1-6-9(2)8-15(5)19(16,17)13-11(4)18-10(3)12(13)7-14/h9H,6-8H2,1-5H3. The molecule has 19 heavy (non-hydrogen) atoms. The van der Waals surface area contributed by atoms with E-state index in [1.165, 1.54) is 4.31 Å². The SMILES string of the molecule is CCC(C)CN(C)S(=O)(=O)c1c(C)oc(C)c1CCl. The summed E-state index contributed by atoms with van der Waals surface area (Å²) in [6, 6.07) is 0. The van der Waals surface area contributed by atoms with Crippen molar-refractivity contribution in [3.63, 3.8) is 0 Å². The van der Waals surface area contributed by atoms with E-state index in [0.29, 0.717) is 29.5 Å². The van der Waals surface area contributed by atoms with Crippen molar-refractivity contribution in [2.45, 2.75) is 44.9 Å². The van der Waals surface area contributed by atoms with Crippen LogP contribution in [0.5, 0.6) is 0 Å². The fourth-order valence-electron chi connectivity index (χ4n) is 2.02. The summed E-state index contributed by atoms with van der Waals surface area (Å²) in [6.45, 7) is 7.96. The Morgan fingerprint density at radius 3 is 2.37 bits per heavy atom. The van der Waals surface area contributed by atoms with Gasteiger partial charge in [-0.25, -0.2) is 12.7 Å². The van der Waals surface area contributed by atoms with Crippen LogP contribution in [0.25, 0.3) is 0 Å². The lowest BCUT2D eigenvalue weighted by Gasteiger charge is -2.20. The molecule has 0 N–H and O–H groups in total. The molecule has 1 unspecified atom stereocenters. The molecule has 0 spiro atoms. The molecule has 110 valence electrons. The Bertz CT molecular complexity index is 536. The predicted molar refractivity (Wildman–Crippen MR) is 77.0 cm³/mol. The van der Waals surface area contributed by atoms with Crippen LogP contribution in [-0.4, -0.2) is 26.3 Å². The van der Waals surface area contributed by atoms with Gasteiger partial charge in [0.25, 0.3) is 0 Å². The van der Waals surface area contributed by atoms with Gasteiger partial charge in [-0.2, -0.15) is 0 Å². The number of rotatable bonds is 6. The second kappa shape index (κ2) is 6.29. The summed E-state index contributed by atoms with van der Waals surface area (Å²) >= 11 is 5.85. The molecule has 1 aromatic rings. The van der Waals surface area contributed by atoms with E-state index < -0.39 is 10.0 Å². The second-order valence-corrected chi connectivity index (χ2v) is 7.20. The van der Waals surface area contributed by atoms with Crippen molar-refractivity contribution in [2.75, 3.05) is 13.6 Å². The zero-order valence-electron chi connectivity index (χ0n) is 12.2. The topological polar surface area (TPSA) is 50.5 Å². The van der Waals surface area contributed by atoms with Crippen molar-refractivity contribution in [1.82, 2.24) is 4.31 Å². The highest BCUT2D eigenvalue weighted by atomic mass is 35.5. The van der Waals surface area contributed by atoms with Gasteiger partial charge in [0.2, 0.25) is 10.0 Å². The molecule has 0 bridgehead atoms. The minimum absolute atomic E-state index is 0.134. The number of halogens is 1. The quantitative estimate of drug-likeness (QED) is 0.758. The maximum atomic E-state index is 12.6. The van der Waals surface area contributed by atoms with E-state index in [1.807, 2.05) is 13.8 Å². The lowest BCUT2D eigenvalue weighted by atomic mass is 10.1. The Balaban J connectivity index is 3.20. The van der Waals surface area contributed by atoms with Crippen LogP contribution < -0.4 is 0 Å². The molecular formula is C13H22ClNO3S. The largest absolute Gasteiger partial charge is 0.465 e. The maximum absolute atomic E-state index is 12.6. The highest BCUT2D eigenvalue weighted by Crippen LogP contribution is 2.30. The Morgan fingerprint density at radius 1 is 1.32 bits per heavy atom. The van der Waals surface area contributed by atoms with Gasteiger partial charge in [-0.15, -0.1) is 11.6 Å². The third kappa shape index (κ3) is 3.33. The molecular weight excluding hydrogens is 286 g/mol. The molecule has 1 heterocycles. The van der Waals surface area contributed by atoms with Crippen molar-refractivity contribution in [3.05, 3.63) is 17.1 Å². The third-order valence-corrected chi connectivity index (χ3v) is 5.68. The molecule has 0 aliphatic heterocycles. The van der Waals surface area contributed by atoms with Gasteiger partial charge in [0.05, 0.1) is 5.88 Å². The molecule has 0 aliphatic rings. The molecule has 1 atom stereocenters. The summed E-state index contributed by atoms with van der Waals surface area (Å²) in [5.74, 6) is 1.43. The van der Waals surface area contributed by atoms with Crippen molar-refractivity contribution >= 4 is 21.6 Å².